The van der Waals surface area contributed by atoms with E-state index < -0.39 is 29.1 Å². The van der Waals surface area contributed by atoms with E-state index in [0.717, 1.165) is 31.4 Å². The van der Waals surface area contributed by atoms with Gasteiger partial charge in [-0.1, -0.05) is 19.9 Å². The lowest BCUT2D eigenvalue weighted by Gasteiger charge is -2.32. The van der Waals surface area contributed by atoms with Crippen LogP contribution in [-0.4, -0.2) is 35.8 Å². The maximum absolute atomic E-state index is 13.7. The lowest BCUT2D eigenvalue weighted by molar-refractivity contribution is -0.135. The Hall–Kier alpha value is -1.98. The average Bonchev–Trinajstić information content (AvgIpc) is 2.52. The number of amides is 2. The minimum Gasteiger partial charge on any atom is -0.341 e. The standard InChI is InChI=1S/C17H22F2N2O2/c1-11(2)15(17(23)21-9-4-3-5-10-21)20-16(22)14-12(18)7-6-8-13(14)19/h6-8,11,15H,3-5,9-10H2,1-2H3,(H,20,22). The molecule has 0 radical (unpaired) electrons. The quantitative estimate of drug-likeness (QED) is 0.926. The van der Waals surface area contributed by atoms with Crippen LogP contribution in [0.2, 0.25) is 0 Å². The number of likely N-dealkylation sites (tertiary alicyclic amines) is 1. The Labute approximate surface area is 134 Å². The summed E-state index contributed by atoms with van der Waals surface area (Å²) in [5.41, 5.74) is -0.649. The van der Waals surface area contributed by atoms with Crippen molar-refractivity contribution in [1.29, 1.82) is 0 Å². The van der Waals surface area contributed by atoms with Crippen molar-refractivity contribution in [3.63, 3.8) is 0 Å². The molecule has 1 heterocycles. The zero-order valence-corrected chi connectivity index (χ0v) is 13.4. The summed E-state index contributed by atoms with van der Waals surface area (Å²) < 4.78 is 27.4. The Morgan fingerprint density at radius 3 is 2.17 bits per heavy atom. The zero-order valence-electron chi connectivity index (χ0n) is 13.4. The topological polar surface area (TPSA) is 49.4 Å². The lowest BCUT2D eigenvalue weighted by Crippen LogP contribution is -2.52. The molecule has 1 aliphatic heterocycles. The molecule has 4 nitrogen and oxygen atoms in total. The van der Waals surface area contributed by atoms with E-state index in [0.29, 0.717) is 13.1 Å². The SMILES string of the molecule is CC(C)C(NC(=O)c1c(F)cccc1F)C(=O)N1CCCCC1. The number of nitrogens with zero attached hydrogens (tertiary/aromatic N) is 1. The van der Waals surface area contributed by atoms with Crippen LogP contribution >= 0.6 is 0 Å². The van der Waals surface area contributed by atoms with E-state index in [1.54, 1.807) is 18.7 Å². The van der Waals surface area contributed by atoms with Crippen molar-refractivity contribution in [2.45, 2.75) is 39.2 Å². The van der Waals surface area contributed by atoms with Gasteiger partial charge in [-0.15, -0.1) is 0 Å². The largest absolute Gasteiger partial charge is 0.341 e. The number of rotatable bonds is 4. The van der Waals surface area contributed by atoms with Gasteiger partial charge in [0.1, 0.15) is 23.2 Å². The fourth-order valence-electron chi connectivity index (χ4n) is 2.75. The molecular weight excluding hydrogens is 302 g/mol. The molecule has 1 atom stereocenters. The van der Waals surface area contributed by atoms with E-state index in [4.69, 9.17) is 0 Å². The molecule has 1 N–H and O–H groups in total. The van der Waals surface area contributed by atoms with E-state index in [1.807, 2.05) is 0 Å². The van der Waals surface area contributed by atoms with Crippen LogP contribution in [0.25, 0.3) is 0 Å². The Kier molecular flexibility index (Phi) is 5.69. The molecule has 1 aromatic rings. The molecule has 1 unspecified atom stereocenters. The van der Waals surface area contributed by atoms with Crippen molar-refractivity contribution < 1.29 is 18.4 Å². The van der Waals surface area contributed by atoms with Crippen LogP contribution in [-0.2, 0) is 4.79 Å². The minimum absolute atomic E-state index is 0.178. The van der Waals surface area contributed by atoms with Gasteiger partial charge >= 0.3 is 0 Å². The monoisotopic (exact) mass is 324 g/mol. The van der Waals surface area contributed by atoms with Gasteiger partial charge in [0.15, 0.2) is 0 Å². The van der Waals surface area contributed by atoms with Crippen LogP contribution < -0.4 is 5.32 Å². The van der Waals surface area contributed by atoms with Crippen molar-refractivity contribution in [1.82, 2.24) is 10.2 Å². The third kappa shape index (κ3) is 4.06. The normalized spacial score (nSPS) is 16.3. The molecule has 6 heteroatoms. The highest BCUT2D eigenvalue weighted by molar-refractivity contribution is 5.98. The first-order valence-electron chi connectivity index (χ1n) is 7.95. The Morgan fingerprint density at radius 1 is 1.09 bits per heavy atom. The maximum Gasteiger partial charge on any atom is 0.257 e. The van der Waals surface area contributed by atoms with Crippen LogP contribution in [0, 0.1) is 17.6 Å². The number of benzene rings is 1. The van der Waals surface area contributed by atoms with Crippen molar-refractivity contribution >= 4 is 11.8 Å². The lowest BCUT2D eigenvalue weighted by atomic mass is 10.0. The van der Waals surface area contributed by atoms with Crippen LogP contribution in [0.3, 0.4) is 0 Å². The second-order valence-corrected chi connectivity index (χ2v) is 6.18. The number of hydrogen-bond donors (Lipinski definition) is 1. The Morgan fingerprint density at radius 2 is 1.65 bits per heavy atom. The number of carbonyl (C=O) groups is 2. The first kappa shape index (κ1) is 17.4. The molecule has 23 heavy (non-hydrogen) atoms. The third-order valence-corrected chi connectivity index (χ3v) is 4.08. The molecule has 0 aromatic heterocycles. The van der Waals surface area contributed by atoms with E-state index in [1.165, 1.54) is 6.07 Å². The first-order valence-corrected chi connectivity index (χ1v) is 7.95. The van der Waals surface area contributed by atoms with Gasteiger partial charge in [0.2, 0.25) is 5.91 Å². The third-order valence-electron chi connectivity index (χ3n) is 4.08. The summed E-state index contributed by atoms with van der Waals surface area (Å²) in [6.45, 7) is 4.91. The smallest absolute Gasteiger partial charge is 0.257 e. The maximum atomic E-state index is 13.7. The summed E-state index contributed by atoms with van der Waals surface area (Å²) in [6.07, 6.45) is 2.96. The van der Waals surface area contributed by atoms with Gasteiger partial charge in [0.25, 0.3) is 5.91 Å². The molecule has 0 aliphatic carbocycles. The van der Waals surface area contributed by atoms with Crippen LogP contribution in [0.5, 0.6) is 0 Å². The highest BCUT2D eigenvalue weighted by atomic mass is 19.1. The molecule has 2 amide bonds. The molecule has 0 bridgehead atoms. The van der Waals surface area contributed by atoms with Crippen molar-refractivity contribution in [3.05, 3.63) is 35.4 Å². The van der Waals surface area contributed by atoms with Crippen molar-refractivity contribution in [2.75, 3.05) is 13.1 Å². The second-order valence-electron chi connectivity index (χ2n) is 6.18. The molecule has 1 aromatic carbocycles. The van der Waals surface area contributed by atoms with Gasteiger partial charge in [0.05, 0.1) is 0 Å². The van der Waals surface area contributed by atoms with E-state index in [-0.39, 0.29) is 11.8 Å². The van der Waals surface area contributed by atoms with Crippen molar-refractivity contribution in [3.8, 4) is 0 Å². The number of piperidine rings is 1. The molecular formula is C17H22F2N2O2. The van der Waals surface area contributed by atoms with Gasteiger partial charge < -0.3 is 10.2 Å². The van der Waals surface area contributed by atoms with Gasteiger partial charge in [-0.2, -0.15) is 0 Å². The fraction of sp³-hybridized carbons (Fsp3) is 0.529. The molecule has 1 aliphatic rings. The predicted octanol–water partition coefficient (Wildman–Crippen LogP) is 2.73. The Bertz CT molecular complexity index is 564. The zero-order chi connectivity index (χ0) is 17.0. The minimum atomic E-state index is -0.935. The summed E-state index contributed by atoms with van der Waals surface area (Å²) >= 11 is 0. The second kappa shape index (κ2) is 7.53. The molecule has 0 spiro atoms. The van der Waals surface area contributed by atoms with E-state index in [2.05, 4.69) is 5.32 Å². The summed E-state index contributed by atoms with van der Waals surface area (Å²) in [7, 11) is 0. The van der Waals surface area contributed by atoms with Gasteiger partial charge in [0, 0.05) is 13.1 Å². The summed E-state index contributed by atoms with van der Waals surface area (Å²) in [4.78, 5) is 26.5. The van der Waals surface area contributed by atoms with Crippen LogP contribution in [0.1, 0.15) is 43.5 Å². The Balaban J connectivity index is 2.15. The summed E-state index contributed by atoms with van der Waals surface area (Å²) in [6, 6.07) is 2.45. The molecule has 1 fully saturated rings. The van der Waals surface area contributed by atoms with Crippen LogP contribution in [0.4, 0.5) is 8.78 Å². The fourth-order valence-corrected chi connectivity index (χ4v) is 2.75. The highest BCUT2D eigenvalue weighted by Gasteiger charge is 2.30. The average molecular weight is 324 g/mol. The summed E-state index contributed by atoms with van der Waals surface area (Å²) in [5.74, 6) is -3.14. The predicted molar refractivity (Wildman–Crippen MR) is 82.9 cm³/mol. The van der Waals surface area contributed by atoms with E-state index in [9.17, 15) is 18.4 Å². The van der Waals surface area contributed by atoms with Crippen LogP contribution in [0.15, 0.2) is 18.2 Å². The molecule has 126 valence electrons. The molecule has 1 saturated heterocycles. The first-order chi connectivity index (χ1) is 10.9. The highest BCUT2D eigenvalue weighted by Crippen LogP contribution is 2.16. The van der Waals surface area contributed by atoms with E-state index >= 15 is 0 Å². The van der Waals surface area contributed by atoms with Crippen molar-refractivity contribution in [2.24, 2.45) is 5.92 Å². The molecule has 2 rings (SSSR count). The number of nitrogens with one attached hydrogen (secondary N) is 1. The number of carbonyl (C=O) groups excluding carboxylic acids is 2. The van der Waals surface area contributed by atoms with Gasteiger partial charge in [-0.25, -0.2) is 8.78 Å². The van der Waals surface area contributed by atoms with Gasteiger partial charge in [-0.3, -0.25) is 9.59 Å². The molecule has 0 saturated carbocycles. The number of hydrogen-bond acceptors (Lipinski definition) is 2. The number of halogens is 2. The summed E-state index contributed by atoms with van der Waals surface area (Å²) in [5, 5.41) is 2.50. The van der Waals surface area contributed by atoms with Gasteiger partial charge in [-0.05, 0) is 37.3 Å².